The largest absolute Gasteiger partial charge is 0.381 e. The molecule has 4 aliphatic rings. The SMILES string of the molecule is O=C([C@@H]1CC[C@@H]2CCCC[C@H]2C1)N1CCN(C[C@@H]2CCOC2)CC1. The van der Waals surface area contributed by atoms with Gasteiger partial charge in [-0.15, -0.1) is 0 Å². The van der Waals surface area contributed by atoms with Crippen LogP contribution in [0.4, 0.5) is 0 Å². The van der Waals surface area contributed by atoms with Crippen LogP contribution in [0.1, 0.15) is 51.4 Å². The second-order valence-corrected chi connectivity index (χ2v) is 8.67. The van der Waals surface area contributed by atoms with Crippen LogP contribution >= 0.6 is 0 Å². The molecule has 2 heterocycles. The predicted octanol–water partition coefficient (Wildman–Crippen LogP) is 2.77. The van der Waals surface area contributed by atoms with Crippen LogP contribution in [0.5, 0.6) is 0 Å². The van der Waals surface area contributed by atoms with Crippen molar-refractivity contribution in [2.24, 2.45) is 23.7 Å². The number of fused-ring (bicyclic) bond motifs is 1. The summed E-state index contributed by atoms with van der Waals surface area (Å²) >= 11 is 0. The van der Waals surface area contributed by atoms with E-state index in [1.54, 1.807) is 0 Å². The summed E-state index contributed by atoms with van der Waals surface area (Å²) in [7, 11) is 0. The third-order valence-electron chi connectivity index (χ3n) is 7.11. The zero-order valence-corrected chi connectivity index (χ0v) is 15.1. The van der Waals surface area contributed by atoms with Gasteiger partial charge in [-0.3, -0.25) is 9.69 Å². The van der Waals surface area contributed by atoms with E-state index in [-0.39, 0.29) is 0 Å². The molecular formula is C20H34N2O2. The maximum Gasteiger partial charge on any atom is 0.225 e. The van der Waals surface area contributed by atoms with Gasteiger partial charge >= 0.3 is 0 Å². The fraction of sp³-hybridized carbons (Fsp3) is 0.950. The number of piperazine rings is 1. The van der Waals surface area contributed by atoms with Gasteiger partial charge in [-0.1, -0.05) is 25.7 Å². The minimum absolute atomic E-state index is 0.333. The molecule has 24 heavy (non-hydrogen) atoms. The lowest BCUT2D eigenvalue weighted by Crippen LogP contribution is -2.52. The monoisotopic (exact) mass is 334 g/mol. The molecule has 4 heteroatoms. The number of carbonyl (C=O) groups excluding carboxylic acids is 1. The first-order valence-corrected chi connectivity index (χ1v) is 10.4. The van der Waals surface area contributed by atoms with Gasteiger partial charge in [0, 0.05) is 45.2 Å². The van der Waals surface area contributed by atoms with Gasteiger partial charge in [0.05, 0.1) is 6.61 Å². The Balaban J connectivity index is 1.24. The van der Waals surface area contributed by atoms with Crippen molar-refractivity contribution in [1.29, 1.82) is 0 Å². The number of carbonyl (C=O) groups is 1. The maximum absolute atomic E-state index is 13.0. The lowest BCUT2D eigenvalue weighted by molar-refractivity contribution is -0.139. The molecule has 0 aromatic carbocycles. The number of amides is 1. The average Bonchev–Trinajstić information content (AvgIpc) is 3.14. The molecular weight excluding hydrogens is 300 g/mol. The van der Waals surface area contributed by atoms with Crippen LogP contribution in [0.15, 0.2) is 0 Å². The van der Waals surface area contributed by atoms with E-state index in [2.05, 4.69) is 9.80 Å². The number of nitrogens with zero attached hydrogens (tertiary/aromatic N) is 2. The van der Waals surface area contributed by atoms with Gasteiger partial charge in [-0.2, -0.15) is 0 Å². The van der Waals surface area contributed by atoms with Crippen molar-refractivity contribution in [1.82, 2.24) is 9.80 Å². The Morgan fingerprint density at radius 2 is 1.71 bits per heavy atom. The van der Waals surface area contributed by atoms with Crippen LogP contribution < -0.4 is 0 Å². The molecule has 0 aromatic rings. The van der Waals surface area contributed by atoms with Crippen LogP contribution in [0.2, 0.25) is 0 Å². The lowest BCUT2D eigenvalue weighted by Gasteiger charge is -2.42. The normalized spacial score (nSPS) is 38.1. The standard InChI is InChI=1S/C20H34N2O2/c23-20(19-6-5-17-3-1-2-4-18(17)13-19)22-10-8-21(9-11-22)14-16-7-12-24-15-16/h16-19H,1-15H2/t16-,17-,18-,19+/m0/s1. The average molecular weight is 335 g/mol. The van der Waals surface area contributed by atoms with Crippen LogP contribution in [0.25, 0.3) is 0 Å². The molecule has 4 fully saturated rings. The van der Waals surface area contributed by atoms with Crippen molar-refractivity contribution < 1.29 is 9.53 Å². The molecule has 4 rings (SSSR count). The summed E-state index contributed by atoms with van der Waals surface area (Å²) in [5.41, 5.74) is 0. The van der Waals surface area contributed by atoms with Crippen LogP contribution in [0.3, 0.4) is 0 Å². The first-order chi connectivity index (χ1) is 11.8. The van der Waals surface area contributed by atoms with E-state index in [0.717, 1.165) is 64.2 Å². The molecule has 2 aliphatic carbocycles. The van der Waals surface area contributed by atoms with E-state index >= 15 is 0 Å². The Morgan fingerprint density at radius 3 is 2.46 bits per heavy atom. The van der Waals surface area contributed by atoms with Crippen LogP contribution in [0, 0.1) is 23.7 Å². The molecule has 2 saturated heterocycles. The van der Waals surface area contributed by atoms with E-state index in [1.807, 2.05) is 0 Å². The highest BCUT2D eigenvalue weighted by atomic mass is 16.5. The van der Waals surface area contributed by atoms with Crippen LogP contribution in [-0.2, 0) is 9.53 Å². The zero-order valence-electron chi connectivity index (χ0n) is 15.1. The molecule has 0 N–H and O–H groups in total. The minimum atomic E-state index is 0.333. The van der Waals surface area contributed by atoms with Gasteiger partial charge in [-0.25, -0.2) is 0 Å². The Kier molecular flexibility index (Phi) is 5.43. The molecule has 0 spiro atoms. The molecule has 2 aliphatic heterocycles. The minimum Gasteiger partial charge on any atom is -0.381 e. The molecule has 4 atom stereocenters. The topological polar surface area (TPSA) is 32.8 Å². The number of rotatable bonds is 3. The second-order valence-electron chi connectivity index (χ2n) is 8.67. The van der Waals surface area contributed by atoms with E-state index in [1.165, 1.54) is 44.9 Å². The summed E-state index contributed by atoms with van der Waals surface area (Å²) in [6, 6.07) is 0. The summed E-state index contributed by atoms with van der Waals surface area (Å²) in [4.78, 5) is 17.7. The molecule has 4 nitrogen and oxygen atoms in total. The summed E-state index contributed by atoms with van der Waals surface area (Å²) in [5.74, 6) is 3.31. The zero-order chi connectivity index (χ0) is 16.4. The molecule has 136 valence electrons. The summed E-state index contributed by atoms with van der Waals surface area (Å²) in [6.45, 7) is 7.03. The van der Waals surface area contributed by atoms with Crippen molar-refractivity contribution in [2.75, 3.05) is 45.9 Å². The molecule has 0 unspecified atom stereocenters. The van der Waals surface area contributed by atoms with E-state index in [9.17, 15) is 4.79 Å². The summed E-state index contributed by atoms with van der Waals surface area (Å²) in [5, 5.41) is 0. The predicted molar refractivity (Wildman–Crippen MR) is 94.7 cm³/mol. The summed E-state index contributed by atoms with van der Waals surface area (Å²) in [6.07, 6.45) is 10.5. The van der Waals surface area contributed by atoms with Gasteiger partial charge in [0.2, 0.25) is 5.91 Å². The Hall–Kier alpha value is -0.610. The first-order valence-electron chi connectivity index (χ1n) is 10.4. The van der Waals surface area contributed by atoms with Crippen molar-refractivity contribution >= 4 is 5.91 Å². The molecule has 0 aromatic heterocycles. The number of ether oxygens (including phenoxy) is 1. The first kappa shape index (κ1) is 16.8. The fourth-order valence-corrected chi connectivity index (χ4v) is 5.60. The van der Waals surface area contributed by atoms with E-state index in [4.69, 9.17) is 4.74 Å². The smallest absolute Gasteiger partial charge is 0.225 e. The van der Waals surface area contributed by atoms with Crippen molar-refractivity contribution in [3.63, 3.8) is 0 Å². The van der Waals surface area contributed by atoms with Gasteiger partial charge in [0.25, 0.3) is 0 Å². The number of hydrogen-bond donors (Lipinski definition) is 0. The van der Waals surface area contributed by atoms with Gasteiger partial charge in [0.15, 0.2) is 0 Å². The number of hydrogen-bond acceptors (Lipinski definition) is 3. The van der Waals surface area contributed by atoms with Crippen LogP contribution in [-0.4, -0.2) is 61.6 Å². The molecule has 0 bridgehead atoms. The maximum atomic E-state index is 13.0. The molecule has 1 amide bonds. The van der Waals surface area contributed by atoms with Crippen molar-refractivity contribution in [3.8, 4) is 0 Å². The summed E-state index contributed by atoms with van der Waals surface area (Å²) < 4.78 is 5.49. The molecule has 0 radical (unpaired) electrons. The highest BCUT2D eigenvalue weighted by molar-refractivity contribution is 5.79. The second kappa shape index (κ2) is 7.74. The van der Waals surface area contributed by atoms with Gasteiger partial charge in [0.1, 0.15) is 0 Å². The van der Waals surface area contributed by atoms with Crippen molar-refractivity contribution in [3.05, 3.63) is 0 Å². The van der Waals surface area contributed by atoms with Gasteiger partial charge in [-0.05, 0) is 43.4 Å². The Morgan fingerprint density at radius 1 is 0.917 bits per heavy atom. The Labute approximate surface area is 146 Å². The quantitative estimate of drug-likeness (QED) is 0.796. The van der Waals surface area contributed by atoms with E-state index in [0.29, 0.717) is 17.7 Å². The highest BCUT2D eigenvalue weighted by Gasteiger charge is 2.37. The third-order valence-corrected chi connectivity index (χ3v) is 7.11. The van der Waals surface area contributed by atoms with E-state index < -0.39 is 0 Å². The third kappa shape index (κ3) is 3.80. The fourth-order valence-electron chi connectivity index (χ4n) is 5.60. The highest BCUT2D eigenvalue weighted by Crippen LogP contribution is 2.43. The van der Waals surface area contributed by atoms with Gasteiger partial charge < -0.3 is 9.64 Å². The molecule has 2 saturated carbocycles. The van der Waals surface area contributed by atoms with Crippen molar-refractivity contribution in [2.45, 2.75) is 51.4 Å². The lowest BCUT2D eigenvalue weighted by atomic mass is 9.67. The Bertz CT molecular complexity index is 427.